The van der Waals surface area contributed by atoms with Crippen LogP contribution in [0.2, 0.25) is 0 Å². The quantitative estimate of drug-likeness (QED) is 0.832. The van der Waals surface area contributed by atoms with Gasteiger partial charge >= 0.3 is 5.97 Å². The molecule has 1 unspecified atom stereocenters. The molecule has 6 heteroatoms. The van der Waals surface area contributed by atoms with Crippen molar-refractivity contribution in [2.24, 2.45) is 0 Å². The van der Waals surface area contributed by atoms with Crippen LogP contribution in [0.25, 0.3) is 0 Å². The Morgan fingerprint density at radius 3 is 2.77 bits per heavy atom. The average molecular weight is 305 g/mol. The van der Waals surface area contributed by atoms with Crippen molar-refractivity contribution in [1.29, 1.82) is 0 Å². The summed E-state index contributed by atoms with van der Waals surface area (Å²) >= 11 is 0. The number of hydrogen-bond donors (Lipinski definition) is 1. The van der Waals surface area contributed by atoms with Gasteiger partial charge in [-0.15, -0.1) is 0 Å². The van der Waals surface area contributed by atoms with Crippen LogP contribution in [0.15, 0.2) is 47.1 Å². The third-order valence-electron chi connectivity index (χ3n) is 2.95. The third-order valence-corrected chi connectivity index (χ3v) is 2.95. The maximum atomic E-state index is 13.2. The van der Waals surface area contributed by atoms with Crippen LogP contribution in [-0.4, -0.2) is 24.5 Å². The molecule has 22 heavy (non-hydrogen) atoms. The van der Waals surface area contributed by atoms with Gasteiger partial charge in [-0.3, -0.25) is 4.79 Å². The molecule has 1 aromatic carbocycles. The minimum absolute atomic E-state index is 0.0912. The summed E-state index contributed by atoms with van der Waals surface area (Å²) in [5.74, 6) is -1.42. The van der Waals surface area contributed by atoms with Gasteiger partial charge in [0.1, 0.15) is 11.9 Å². The zero-order valence-corrected chi connectivity index (χ0v) is 12.0. The zero-order valence-electron chi connectivity index (χ0n) is 12.0. The normalized spacial score (nSPS) is 11.7. The van der Waals surface area contributed by atoms with E-state index in [0.717, 1.165) is 0 Å². The fourth-order valence-corrected chi connectivity index (χ4v) is 1.97. The van der Waals surface area contributed by atoms with Gasteiger partial charge in [0.05, 0.1) is 12.9 Å². The number of rotatable bonds is 6. The van der Waals surface area contributed by atoms with E-state index in [-0.39, 0.29) is 18.8 Å². The molecule has 5 nitrogen and oxygen atoms in total. The maximum Gasteiger partial charge on any atom is 0.328 e. The predicted molar refractivity (Wildman–Crippen MR) is 76.7 cm³/mol. The molecule has 0 saturated carbocycles. The standard InChI is InChI=1S/C16H16FNO4/c1-2-21-16(20)13(10-11-5-3-6-12(17)9-11)18-15(19)14-7-4-8-22-14/h3-9,13H,2,10H2,1H3,(H,18,19). The molecule has 1 amide bonds. The zero-order chi connectivity index (χ0) is 15.9. The van der Waals surface area contributed by atoms with E-state index in [4.69, 9.17) is 9.15 Å². The van der Waals surface area contributed by atoms with Gasteiger partial charge in [0.15, 0.2) is 5.76 Å². The van der Waals surface area contributed by atoms with Gasteiger partial charge < -0.3 is 14.5 Å². The molecular weight excluding hydrogens is 289 g/mol. The van der Waals surface area contributed by atoms with Crippen LogP contribution in [0.1, 0.15) is 23.0 Å². The molecule has 1 heterocycles. The third kappa shape index (κ3) is 4.18. The summed E-state index contributed by atoms with van der Waals surface area (Å²) in [6.45, 7) is 1.86. The lowest BCUT2D eigenvalue weighted by atomic mass is 10.1. The van der Waals surface area contributed by atoms with Gasteiger partial charge in [0.2, 0.25) is 0 Å². The first-order valence-corrected chi connectivity index (χ1v) is 6.85. The van der Waals surface area contributed by atoms with Gasteiger partial charge in [0.25, 0.3) is 5.91 Å². The van der Waals surface area contributed by atoms with Crippen LogP contribution in [0.4, 0.5) is 4.39 Å². The van der Waals surface area contributed by atoms with Crippen molar-refractivity contribution in [3.8, 4) is 0 Å². The minimum atomic E-state index is -0.917. The average Bonchev–Trinajstić information content (AvgIpc) is 3.01. The van der Waals surface area contributed by atoms with Gasteiger partial charge in [-0.2, -0.15) is 0 Å². The van der Waals surface area contributed by atoms with E-state index in [0.29, 0.717) is 5.56 Å². The molecule has 2 aromatic rings. The second-order valence-corrected chi connectivity index (χ2v) is 4.59. The lowest BCUT2D eigenvalue weighted by Gasteiger charge is -2.16. The number of furan rings is 1. The Balaban J connectivity index is 2.12. The second kappa shape index (κ2) is 7.40. The number of amides is 1. The summed E-state index contributed by atoms with van der Waals surface area (Å²) in [4.78, 5) is 24.0. The summed E-state index contributed by atoms with van der Waals surface area (Å²) in [5, 5.41) is 2.54. The fraction of sp³-hybridized carbons (Fsp3) is 0.250. The maximum absolute atomic E-state index is 13.2. The second-order valence-electron chi connectivity index (χ2n) is 4.59. The minimum Gasteiger partial charge on any atom is -0.464 e. The van der Waals surface area contributed by atoms with E-state index in [2.05, 4.69) is 5.32 Å². The van der Waals surface area contributed by atoms with Gasteiger partial charge in [0, 0.05) is 6.42 Å². The molecule has 0 aliphatic heterocycles. The Bertz CT molecular complexity index is 639. The Morgan fingerprint density at radius 2 is 2.14 bits per heavy atom. The van der Waals surface area contributed by atoms with Crippen LogP contribution in [-0.2, 0) is 16.0 Å². The molecule has 0 aliphatic rings. The molecule has 2 rings (SSSR count). The van der Waals surface area contributed by atoms with Crippen LogP contribution in [0.3, 0.4) is 0 Å². The van der Waals surface area contributed by atoms with Gasteiger partial charge in [-0.25, -0.2) is 9.18 Å². The Kier molecular flexibility index (Phi) is 5.30. The molecule has 116 valence electrons. The summed E-state index contributed by atoms with van der Waals surface area (Å²) in [7, 11) is 0. The van der Waals surface area contributed by atoms with Crippen LogP contribution < -0.4 is 5.32 Å². The Labute approximate surface area is 127 Å². The lowest BCUT2D eigenvalue weighted by Crippen LogP contribution is -2.43. The molecule has 1 aromatic heterocycles. The number of hydrogen-bond acceptors (Lipinski definition) is 4. The van der Waals surface area contributed by atoms with Crippen LogP contribution in [0.5, 0.6) is 0 Å². The molecule has 0 bridgehead atoms. The van der Waals surface area contributed by atoms with Crippen molar-refractivity contribution < 1.29 is 23.1 Å². The number of esters is 1. The molecule has 1 atom stereocenters. The summed E-state index contributed by atoms with van der Waals surface area (Å²) in [6.07, 6.45) is 1.49. The van der Waals surface area contributed by atoms with Gasteiger partial charge in [-0.05, 0) is 36.8 Å². The fourth-order valence-electron chi connectivity index (χ4n) is 1.97. The molecule has 0 fully saturated rings. The number of carbonyl (C=O) groups excluding carboxylic acids is 2. The van der Waals surface area contributed by atoms with Crippen molar-refractivity contribution >= 4 is 11.9 Å². The SMILES string of the molecule is CCOC(=O)C(Cc1cccc(F)c1)NC(=O)c1ccco1. The molecule has 0 saturated heterocycles. The summed E-state index contributed by atoms with van der Waals surface area (Å²) in [5.41, 5.74) is 0.581. The van der Waals surface area contributed by atoms with Gasteiger partial charge in [-0.1, -0.05) is 12.1 Å². The first kappa shape index (κ1) is 15.8. The van der Waals surface area contributed by atoms with Crippen molar-refractivity contribution in [1.82, 2.24) is 5.32 Å². The highest BCUT2D eigenvalue weighted by Gasteiger charge is 2.24. The highest BCUT2D eigenvalue weighted by molar-refractivity contribution is 5.94. The van der Waals surface area contributed by atoms with Crippen LogP contribution >= 0.6 is 0 Å². The predicted octanol–water partition coefficient (Wildman–Crippen LogP) is 2.32. The summed E-state index contributed by atoms with van der Waals surface area (Å²) in [6, 6.07) is 7.98. The number of ether oxygens (including phenoxy) is 1. The smallest absolute Gasteiger partial charge is 0.328 e. The number of halogens is 1. The van der Waals surface area contributed by atoms with Crippen molar-refractivity contribution in [3.05, 3.63) is 59.8 Å². The largest absolute Gasteiger partial charge is 0.464 e. The molecule has 0 radical (unpaired) electrons. The summed E-state index contributed by atoms with van der Waals surface area (Å²) < 4.78 is 23.2. The molecular formula is C16H16FNO4. The van der Waals surface area contributed by atoms with E-state index in [1.54, 1.807) is 25.1 Å². The monoisotopic (exact) mass is 305 g/mol. The van der Waals surface area contributed by atoms with Crippen molar-refractivity contribution in [2.45, 2.75) is 19.4 Å². The Morgan fingerprint density at radius 1 is 1.32 bits per heavy atom. The van der Waals surface area contributed by atoms with Crippen molar-refractivity contribution in [2.75, 3.05) is 6.61 Å². The number of benzene rings is 1. The first-order chi connectivity index (χ1) is 10.6. The van der Waals surface area contributed by atoms with E-state index in [1.807, 2.05) is 0 Å². The first-order valence-electron chi connectivity index (χ1n) is 6.85. The highest BCUT2D eigenvalue weighted by atomic mass is 19.1. The molecule has 0 spiro atoms. The molecule has 0 aliphatic carbocycles. The van der Waals surface area contributed by atoms with E-state index >= 15 is 0 Å². The topological polar surface area (TPSA) is 68.5 Å². The molecule has 1 N–H and O–H groups in total. The lowest BCUT2D eigenvalue weighted by molar-refractivity contribution is -0.145. The van der Waals surface area contributed by atoms with E-state index in [1.165, 1.54) is 24.5 Å². The van der Waals surface area contributed by atoms with Crippen LogP contribution in [0, 0.1) is 5.82 Å². The van der Waals surface area contributed by atoms with E-state index in [9.17, 15) is 14.0 Å². The Hall–Kier alpha value is -2.63. The van der Waals surface area contributed by atoms with Crippen molar-refractivity contribution in [3.63, 3.8) is 0 Å². The highest BCUT2D eigenvalue weighted by Crippen LogP contribution is 2.09. The van der Waals surface area contributed by atoms with E-state index < -0.39 is 23.7 Å². The number of nitrogens with one attached hydrogen (secondary N) is 1. The number of carbonyl (C=O) groups is 2.